The summed E-state index contributed by atoms with van der Waals surface area (Å²) in [6.45, 7) is 4.29. The molecule has 0 aliphatic heterocycles. The molecular weight excluding hydrogens is 451 g/mol. The Kier molecular flexibility index (Phi) is 10.4. The van der Waals surface area contributed by atoms with Gasteiger partial charge in [0.15, 0.2) is 0 Å². The van der Waals surface area contributed by atoms with Gasteiger partial charge in [-0.15, -0.1) is 0 Å². The molecule has 1 aliphatic carbocycles. The van der Waals surface area contributed by atoms with E-state index >= 15 is 0 Å². The standard InChI is InChI=1S/C36H43F/c1-3-5-7-9-28-11-13-29(14-12-28)15-16-30-17-19-31(20-18-30)21-22-32-23-26-35-34(27-32)25-24-33(36(35)37)10-8-6-4-2/h3,5,17-20,23-29H,4,6-16H2,1-2H3/b5-3+. The van der Waals surface area contributed by atoms with Crippen LogP contribution in [0.4, 0.5) is 4.39 Å². The van der Waals surface area contributed by atoms with Crippen LogP contribution in [0.2, 0.25) is 0 Å². The van der Waals surface area contributed by atoms with Gasteiger partial charge in [0.25, 0.3) is 0 Å². The van der Waals surface area contributed by atoms with Gasteiger partial charge in [0.05, 0.1) is 0 Å². The van der Waals surface area contributed by atoms with Crippen LogP contribution in [0.25, 0.3) is 10.8 Å². The molecule has 0 amide bonds. The number of halogens is 1. The van der Waals surface area contributed by atoms with Crippen molar-refractivity contribution in [3.8, 4) is 11.8 Å². The van der Waals surface area contributed by atoms with Crippen molar-refractivity contribution in [1.29, 1.82) is 0 Å². The van der Waals surface area contributed by atoms with Crippen molar-refractivity contribution in [2.75, 3.05) is 0 Å². The Morgan fingerprint density at radius 3 is 2.24 bits per heavy atom. The average molecular weight is 495 g/mol. The minimum absolute atomic E-state index is 0.0684. The lowest BCUT2D eigenvalue weighted by atomic mass is 9.78. The Hall–Kier alpha value is -2.85. The summed E-state index contributed by atoms with van der Waals surface area (Å²) in [5.74, 6) is 8.34. The second kappa shape index (κ2) is 14.2. The molecule has 0 unspecified atom stereocenters. The van der Waals surface area contributed by atoms with E-state index in [4.69, 9.17) is 0 Å². The van der Waals surface area contributed by atoms with Crippen LogP contribution in [0.15, 0.2) is 66.7 Å². The van der Waals surface area contributed by atoms with Gasteiger partial charge in [-0.05, 0) is 98.1 Å². The second-order valence-electron chi connectivity index (χ2n) is 11.0. The van der Waals surface area contributed by atoms with Crippen molar-refractivity contribution in [3.05, 3.63) is 94.8 Å². The summed E-state index contributed by atoms with van der Waals surface area (Å²) in [7, 11) is 0. The molecule has 0 aromatic heterocycles. The molecule has 0 saturated heterocycles. The van der Waals surface area contributed by atoms with Gasteiger partial charge in [0.2, 0.25) is 0 Å². The van der Waals surface area contributed by atoms with Gasteiger partial charge in [0.1, 0.15) is 5.82 Å². The normalized spacial score (nSPS) is 17.7. The lowest BCUT2D eigenvalue weighted by Gasteiger charge is -2.28. The minimum atomic E-state index is -0.0684. The summed E-state index contributed by atoms with van der Waals surface area (Å²) < 4.78 is 14.9. The van der Waals surface area contributed by atoms with Gasteiger partial charge in [-0.25, -0.2) is 4.39 Å². The number of benzene rings is 3. The van der Waals surface area contributed by atoms with Crippen LogP contribution in [0.3, 0.4) is 0 Å². The number of hydrogen-bond acceptors (Lipinski definition) is 0. The molecule has 0 radical (unpaired) electrons. The first kappa shape index (κ1) is 27.2. The molecule has 1 saturated carbocycles. The monoisotopic (exact) mass is 494 g/mol. The van der Waals surface area contributed by atoms with Crippen molar-refractivity contribution in [2.24, 2.45) is 11.8 Å². The maximum absolute atomic E-state index is 14.9. The Morgan fingerprint density at radius 1 is 0.811 bits per heavy atom. The molecule has 1 aliphatic rings. The first-order valence-corrected chi connectivity index (χ1v) is 14.6. The predicted octanol–water partition coefficient (Wildman–Crippen LogP) is 10.2. The molecule has 4 rings (SSSR count). The molecule has 1 heteroatoms. The second-order valence-corrected chi connectivity index (χ2v) is 11.0. The molecule has 194 valence electrons. The van der Waals surface area contributed by atoms with Crippen LogP contribution in [0.5, 0.6) is 0 Å². The number of aryl methyl sites for hydroxylation is 2. The maximum Gasteiger partial charge on any atom is 0.134 e. The van der Waals surface area contributed by atoms with Crippen molar-refractivity contribution < 1.29 is 4.39 Å². The third kappa shape index (κ3) is 8.07. The fraction of sp³-hybridized carbons (Fsp3) is 0.444. The number of allylic oxidation sites excluding steroid dienone is 2. The largest absolute Gasteiger partial charge is 0.206 e. The zero-order valence-corrected chi connectivity index (χ0v) is 22.9. The molecule has 0 N–H and O–H groups in total. The van der Waals surface area contributed by atoms with Crippen molar-refractivity contribution in [3.63, 3.8) is 0 Å². The van der Waals surface area contributed by atoms with Crippen LogP contribution in [-0.4, -0.2) is 0 Å². The minimum Gasteiger partial charge on any atom is -0.206 e. The van der Waals surface area contributed by atoms with E-state index in [-0.39, 0.29) is 5.82 Å². The van der Waals surface area contributed by atoms with Crippen molar-refractivity contribution >= 4 is 10.8 Å². The van der Waals surface area contributed by atoms with Crippen molar-refractivity contribution in [1.82, 2.24) is 0 Å². The van der Waals surface area contributed by atoms with E-state index in [1.54, 1.807) is 0 Å². The molecule has 3 aromatic rings. The number of fused-ring (bicyclic) bond motifs is 1. The molecule has 3 aromatic carbocycles. The highest BCUT2D eigenvalue weighted by Gasteiger charge is 2.20. The average Bonchev–Trinajstić information content (AvgIpc) is 2.93. The number of rotatable bonds is 10. The van der Waals surface area contributed by atoms with Crippen LogP contribution in [0, 0.1) is 29.5 Å². The highest BCUT2D eigenvalue weighted by Crippen LogP contribution is 2.34. The molecule has 37 heavy (non-hydrogen) atoms. The van der Waals surface area contributed by atoms with Gasteiger partial charge in [-0.1, -0.05) is 99.8 Å². The predicted molar refractivity (Wildman–Crippen MR) is 157 cm³/mol. The molecule has 0 atom stereocenters. The summed E-state index contributed by atoms with van der Waals surface area (Å²) in [6.07, 6.45) is 19.4. The van der Waals surface area contributed by atoms with E-state index in [0.29, 0.717) is 5.39 Å². The van der Waals surface area contributed by atoms with Crippen molar-refractivity contribution in [2.45, 2.75) is 90.9 Å². The first-order chi connectivity index (χ1) is 18.2. The van der Waals surface area contributed by atoms with Gasteiger partial charge in [-0.3, -0.25) is 0 Å². The Balaban J connectivity index is 1.29. The van der Waals surface area contributed by atoms with Gasteiger partial charge in [-0.2, -0.15) is 0 Å². The van der Waals surface area contributed by atoms with Gasteiger partial charge >= 0.3 is 0 Å². The number of unbranched alkanes of at least 4 members (excludes halogenated alkanes) is 2. The quantitative estimate of drug-likeness (QED) is 0.149. The summed E-state index contributed by atoms with van der Waals surface area (Å²) in [4.78, 5) is 0. The first-order valence-electron chi connectivity index (χ1n) is 14.6. The molecular formula is C36H43F. The maximum atomic E-state index is 14.9. The number of hydrogen-bond donors (Lipinski definition) is 0. The highest BCUT2D eigenvalue weighted by atomic mass is 19.1. The van der Waals surface area contributed by atoms with Gasteiger partial charge in [0, 0.05) is 16.5 Å². The summed E-state index contributed by atoms with van der Waals surface area (Å²) in [5.41, 5.74) is 4.20. The summed E-state index contributed by atoms with van der Waals surface area (Å²) in [6, 6.07) is 18.6. The Labute approximate surface area is 224 Å². The molecule has 0 nitrogen and oxygen atoms in total. The van der Waals surface area contributed by atoms with Gasteiger partial charge < -0.3 is 0 Å². The molecule has 0 heterocycles. The third-order valence-corrected chi connectivity index (χ3v) is 8.17. The zero-order valence-electron chi connectivity index (χ0n) is 22.9. The van der Waals surface area contributed by atoms with E-state index in [9.17, 15) is 4.39 Å². The van der Waals surface area contributed by atoms with E-state index < -0.39 is 0 Å². The Bertz CT molecular complexity index is 1210. The molecule has 1 fully saturated rings. The van der Waals surface area contributed by atoms with E-state index in [1.165, 1.54) is 50.5 Å². The molecule has 0 bridgehead atoms. The van der Waals surface area contributed by atoms with E-state index in [1.807, 2.05) is 30.3 Å². The summed E-state index contributed by atoms with van der Waals surface area (Å²) in [5, 5.41) is 1.62. The highest BCUT2D eigenvalue weighted by molar-refractivity contribution is 5.85. The van der Waals surface area contributed by atoms with Crippen LogP contribution < -0.4 is 0 Å². The topological polar surface area (TPSA) is 0 Å². The smallest absolute Gasteiger partial charge is 0.134 e. The lowest BCUT2D eigenvalue weighted by molar-refractivity contribution is 0.254. The fourth-order valence-electron chi connectivity index (χ4n) is 5.75. The van der Waals surface area contributed by atoms with E-state index in [0.717, 1.165) is 66.0 Å². The van der Waals surface area contributed by atoms with E-state index in [2.05, 4.69) is 62.1 Å². The lowest BCUT2D eigenvalue weighted by Crippen LogP contribution is -2.15. The third-order valence-electron chi connectivity index (χ3n) is 8.17. The SMILES string of the molecule is C/C=C/CCC1CCC(CCc2ccc(C#Cc3ccc4c(F)c(CCCCC)ccc4c3)cc2)CC1. The summed E-state index contributed by atoms with van der Waals surface area (Å²) >= 11 is 0. The fourth-order valence-corrected chi connectivity index (χ4v) is 5.75. The van der Waals surface area contributed by atoms with Crippen LogP contribution in [0.1, 0.15) is 100 Å². The van der Waals surface area contributed by atoms with Crippen LogP contribution in [-0.2, 0) is 12.8 Å². The zero-order chi connectivity index (χ0) is 25.9. The molecule has 0 spiro atoms. The Morgan fingerprint density at radius 2 is 1.51 bits per heavy atom. The van der Waals surface area contributed by atoms with Crippen LogP contribution >= 0.6 is 0 Å².